The van der Waals surface area contributed by atoms with Gasteiger partial charge in [0.05, 0.1) is 10.6 Å². The molecule has 0 aliphatic heterocycles. The van der Waals surface area contributed by atoms with Gasteiger partial charge in [-0.05, 0) is 49.6 Å². The maximum atomic E-state index is 12.3. The van der Waals surface area contributed by atoms with Crippen molar-refractivity contribution in [3.63, 3.8) is 0 Å². The molecule has 0 bridgehead atoms. The van der Waals surface area contributed by atoms with Crippen molar-refractivity contribution in [3.05, 3.63) is 53.3 Å². The Labute approximate surface area is 178 Å². The first-order valence-corrected chi connectivity index (χ1v) is 11.3. The predicted octanol–water partition coefficient (Wildman–Crippen LogP) is 3.85. The molecular weight excluding hydrogens is 402 g/mol. The number of hydrogen-bond acceptors (Lipinski definition) is 5. The highest BCUT2D eigenvalue weighted by Crippen LogP contribution is 2.27. The number of sulfone groups is 1. The fourth-order valence-corrected chi connectivity index (χ4v) is 4.10. The maximum absolute atomic E-state index is 12.3. The maximum Gasteiger partial charge on any atom is 0.345 e. The summed E-state index contributed by atoms with van der Waals surface area (Å²) in [6.07, 6.45) is -0.546. The summed E-state index contributed by atoms with van der Waals surface area (Å²) in [5, 5.41) is 9.54. The van der Waals surface area contributed by atoms with E-state index >= 15 is 0 Å². The molecule has 0 saturated carbocycles. The topological polar surface area (TPSA) is 93.6 Å². The molecule has 1 aromatic carbocycles. The fraction of sp³-hybridized carbons (Fsp3) is 0.391. The third-order valence-corrected chi connectivity index (χ3v) is 6.16. The molecule has 0 amide bonds. The Bertz CT molecular complexity index is 1090. The third kappa shape index (κ3) is 6.07. The number of nitrogens with zero attached hydrogens (tertiary/aromatic N) is 1. The Morgan fingerprint density at radius 2 is 1.90 bits per heavy atom. The van der Waals surface area contributed by atoms with Crippen molar-refractivity contribution in [3.8, 4) is 17.6 Å². The molecular formula is C23H27NO5S. The zero-order valence-electron chi connectivity index (χ0n) is 17.9. The first-order valence-electron chi connectivity index (χ1n) is 9.66. The van der Waals surface area contributed by atoms with Crippen LogP contribution in [0.2, 0.25) is 0 Å². The highest BCUT2D eigenvalue weighted by molar-refractivity contribution is 7.91. The molecule has 0 aliphatic carbocycles. The summed E-state index contributed by atoms with van der Waals surface area (Å²) in [4.78, 5) is 16.3. The number of aliphatic carboxylic acids is 1. The molecule has 1 heterocycles. The van der Waals surface area contributed by atoms with E-state index in [0.29, 0.717) is 23.4 Å². The average molecular weight is 430 g/mol. The van der Waals surface area contributed by atoms with E-state index < -0.39 is 27.3 Å². The minimum absolute atomic E-state index is 0.0741. The van der Waals surface area contributed by atoms with Gasteiger partial charge in [0, 0.05) is 16.7 Å². The van der Waals surface area contributed by atoms with Crippen LogP contribution in [0.25, 0.3) is 0 Å². The second kappa shape index (κ2) is 9.31. The standard InChI is InChI=1S/C23H27NO5S/c1-6-14-30(27,28)18-9-7-8-17(15-18)11-12-19-20(13-10-16(2)24-19)29-21(22(25)26)23(3,4)5/h7-10,13,15,21H,6,14H2,1-5H3,(H,25,26). The number of rotatable bonds is 6. The van der Waals surface area contributed by atoms with Crippen LogP contribution < -0.4 is 4.74 Å². The summed E-state index contributed by atoms with van der Waals surface area (Å²) >= 11 is 0. The van der Waals surface area contributed by atoms with E-state index in [9.17, 15) is 18.3 Å². The Morgan fingerprint density at radius 3 is 2.50 bits per heavy atom. The normalized spacial score (nSPS) is 12.6. The minimum atomic E-state index is -3.35. The Kier molecular flexibility index (Phi) is 7.27. The van der Waals surface area contributed by atoms with Crippen LogP contribution in [-0.4, -0.2) is 36.3 Å². The summed E-state index contributed by atoms with van der Waals surface area (Å²) in [5.74, 6) is 5.09. The fourth-order valence-electron chi connectivity index (χ4n) is 2.74. The molecule has 1 N–H and O–H groups in total. The number of ether oxygens (including phenoxy) is 1. The summed E-state index contributed by atoms with van der Waals surface area (Å²) in [6.45, 7) is 8.95. The molecule has 0 fully saturated rings. The van der Waals surface area contributed by atoms with Gasteiger partial charge in [-0.15, -0.1) is 0 Å². The van der Waals surface area contributed by atoms with Crippen molar-refractivity contribution in [2.24, 2.45) is 5.41 Å². The van der Waals surface area contributed by atoms with Crippen LogP contribution in [-0.2, 0) is 14.6 Å². The Balaban J connectivity index is 2.43. The number of carbonyl (C=O) groups is 1. The van der Waals surface area contributed by atoms with Crippen molar-refractivity contribution >= 4 is 15.8 Å². The first-order chi connectivity index (χ1) is 13.9. The second-order valence-electron chi connectivity index (χ2n) is 8.10. The van der Waals surface area contributed by atoms with Crippen molar-refractivity contribution in [1.82, 2.24) is 4.98 Å². The van der Waals surface area contributed by atoms with E-state index in [4.69, 9.17) is 4.74 Å². The van der Waals surface area contributed by atoms with Gasteiger partial charge in [0.15, 0.2) is 21.3 Å². The van der Waals surface area contributed by atoms with Gasteiger partial charge >= 0.3 is 5.97 Å². The minimum Gasteiger partial charge on any atom is -0.478 e. The smallest absolute Gasteiger partial charge is 0.345 e. The molecule has 0 saturated heterocycles. The molecule has 2 rings (SSSR count). The molecule has 160 valence electrons. The lowest BCUT2D eigenvalue weighted by molar-refractivity contribution is -0.150. The van der Waals surface area contributed by atoms with Crippen LogP contribution in [0.4, 0.5) is 0 Å². The highest BCUT2D eigenvalue weighted by atomic mass is 32.2. The summed E-state index contributed by atoms with van der Waals surface area (Å²) < 4.78 is 30.4. The molecule has 6 nitrogen and oxygen atoms in total. The molecule has 7 heteroatoms. The molecule has 1 aromatic heterocycles. The van der Waals surface area contributed by atoms with Crippen LogP contribution in [0.15, 0.2) is 41.3 Å². The van der Waals surface area contributed by atoms with Gasteiger partial charge in [-0.2, -0.15) is 0 Å². The van der Waals surface area contributed by atoms with Gasteiger partial charge in [-0.25, -0.2) is 18.2 Å². The van der Waals surface area contributed by atoms with E-state index in [-0.39, 0.29) is 16.4 Å². The molecule has 1 atom stereocenters. The summed E-state index contributed by atoms with van der Waals surface area (Å²) in [7, 11) is -3.35. The first kappa shape index (κ1) is 23.4. The molecule has 0 aliphatic rings. The zero-order valence-corrected chi connectivity index (χ0v) is 18.7. The van der Waals surface area contributed by atoms with Gasteiger partial charge in [0.1, 0.15) is 0 Å². The van der Waals surface area contributed by atoms with Crippen LogP contribution in [0.1, 0.15) is 51.1 Å². The number of benzene rings is 1. The van der Waals surface area contributed by atoms with Gasteiger partial charge in [0.25, 0.3) is 0 Å². The van der Waals surface area contributed by atoms with Crippen LogP contribution >= 0.6 is 0 Å². The molecule has 2 aromatic rings. The lowest BCUT2D eigenvalue weighted by atomic mass is 9.89. The average Bonchev–Trinajstić information content (AvgIpc) is 2.64. The largest absolute Gasteiger partial charge is 0.478 e. The quantitative estimate of drug-likeness (QED) is 0.701. The van der Waals surface area contributed by atoms with Crippen molar-refractivity contribution < 1.29 is 23.1 Å². The Hall–Kier alpha value is -2.85. The van der Waals surface area contributed by atoms with Crippen molar-refractivity contribution in [2.75, 3.05) is 5.75 Å². The van der Waals surface area contributed by atoms with Gasteiger partial charge in [-0.1, -0.05) is 39.7 Å². The summed E-state index contributed by atoms with van der Waals surface area (Å²) in [6, 6.07) is 9.81. The van der Waals surface area contributed by atoms with Crippen LogP contribution in [0, 0.1) is 24.2 Å². The van der Waals surface area contributed by atoms with E-state index in [2.05, 4.69) is 16.8 Å². The van der Waals surface area contributed by atoms with E-state index in [1.54, 1.807) is 58.0 Å². The van der Waals surface area contributed by atoms with Crippen LogP contribution in [0.3, 0.4) is 0 Å². The number of carboxylic acids is 1. The van der Waals surface area contributed by atoms with E-state index in [0.717, 1.165) is 0 Å². The summed E-state index contributed by atoms with van der Waals surface area (Å²) in [5.41, 5.74) is 0.886. The molecule has 1 unspecified atom stereocenters. The second-order valence-corrected chi connectivity index (χ2v) is 10.2. The lowest BCUT2D eigenvalue weighted by Gasteiger charge is -2.27. The number of pyridine rings is 1. The lowest BCUT2D eigenvalue weighted by Crippen LogP contribution is -2.39. The molecule has 0 spiro atoms. The SMILES string of the molecule is CCCS(=O)(=O)c1cccc(C#Cc2nc(C)ccc2OC(C(=O)O)C(C)(C)C)c1. The van der Waals surface area contributed by atoms with Crippen molar-refractivity contribution in [1.29, 1.82) is 0 Å². The zero-order chi connectivity index (χ0) is 22.5. The number of hydrogen-bond donors (Lipinski definition) is 1. The highest BCUT2D eigenvalue weighted by Gasteiger charge is 2.34. The number of aryl methyl sites for hydroxylation is 1. The Morgan fingerprint density at radius 1 is 1.20 bits per heavy atom. The van der Waals surface area contributed by atoms with E-state index in [1.807, 2.05) is 6.92 Å². The van der Waals surface area contributed by atoms with Gasteiger partial charge < -0.3 is 9.84 Å². The predicted molar refractivity (Wildman–Crippen MR) is 115 cm³/mol. The van der Waals surface area contributed by atoms with Gasteiger partial charge in [0.2, 0.25) is 6.10 Å². The van der Waals surface area contributed by atoms with Gasteiger partial charge in [-0.3, -0.25) is 0 Å². The molecule has 0 radical (unpaired) electrons. The van der Waals surface area contributed by atoms with Crippen molar-refractivity contribution in [2.45, 2.75) is 52.0 Å². The number of aromatic nitrogens is 1. The third-order valence-electron chi connectivity index (χ3n) is 4.24. The number of carboxylic acid groups (broad SMARTS) is 1. The molecule has 30 heavy (non-hydrogen) atoms. The van der Waals surface area contributed by atoms with E-state index in [1.165, 1.54) is 6.07 Å². The monoisotopic (exact) mass is 429 g/mol. The van der Waals surface area contributed by atoms with Crippen LogP contribution in [0.5, 0.6) is 5.75 Å².